The molecule has 1 aromatic rings. The predicted octanol–water partition coefficient (Wildman–Crippen LogP) is 3.23. The molecule has 0 aromatic heterocycles. The molecule has 1 rings (SSSR count). The van der Waals surface area contributed by atoms with Crippen LogP contribution in [0.4, 0.5) is 0 Å². The van der Waals surface area contributed by atoms with Crippen LogP contribution in [0, 0.1) is 0 Å². The Balaban J connectivity index is 2.64. The van der Waals surface area contributed by atoms with Crippen molar-refractivity contribution < 1.29 is 0 Å². The number of hydrogen-bond acceptors (Lipinski definition) is 2. The topological polar surface area (TPSA) is 52.0 Å². The van der Waals surface area contributed by atoms with Gasteiger partial charge in [0.25, 0.3) is 0 Å². The summed E-state index contributed by atoms with van der Waals surface area (Å²) in [4.78, 5) is 0. The number of halogens is 2. The number of benzene rings is 1. The van der Waals surface area contributed by atoms with E-state index in [9.17, 15) is 0 Å². The van der Waals surface area contributed by atoms with Crippen LogP contribution in [0.25, 0.3) is 0 Å². The van der Waals surface area contributed by atoms with E-state index in [4.69, 9.17) is 23.1 Å². The Hall–Kier alpha value is -0.0900. The highest BCUT2D eigenvalue weighted by atomic mass is 79.9. The van der Waals surface area contributed by atoms with E-state index < -0.39 is 0 Å². The molecule has 2 nitrogen and oxygen atoms in total. The van der Waals surface area contributed by atoms with Gasteiger partial charge in [-0.1, -0.05) is 34.0 Å². The molecule has 0 aliphatic carbocycles. The zero-order chi connectivity index (χ0) is 11.3. The van der Waals surface area contributed by atoms with Crippen LogP contribution in [0.15, 0.2) is 22.7 Å². The Labute approximate surface area is 104 Å². The molecule has 0 heterocycles. The van der Waals surface area contributed by atoms with Crippen LogP contribution < -0.4 is 11.5 Å². The van der Waals surface area contributed by atoms with Gasteiger partial charge < -0.3 is 11.5 Å². The van der Waals surface area contributed by atoms with Gasteiger partial charge >= 0.3 is 0 Å². The predicted molar refractivity (Wildman–Crippen MR) is 69.0 cm³/mol. The summed E-state index contributed by atoms with van der Waals surface area (Å²) in [6.45, 7) is 0.721. The maximum atomic E-state index is 6.08. The van der Waals surface area contributed by atoms with Gasteiger partial charge in [0.15, 0.2) is 0 Å². The Morgan fingerprint density at radius 2 is 2.07 bits per heavy atom. The molecular formula is C11H16BrClN2. The van der Waals surface area contributed by atoms with Crippen molar-refractivity contribution >= 4 is 27.5 Å². The molecule has 0 saturated carbocycles. The van der Waals surface area contributed by atoms with Gasteiger partial charge in [-0.3, -0.25) is 0 Å². The van der Waals surface area contributed by atoms with Crippen LogP contribution in [0.3, 0.4) is 0 Å². The molecule has 0 bridgehead atoms. The third kappa shape index (κ3) is 4.11. The van der Waals surface area contributed by atoms with Gasteiger partial charge in [-0.15, -0.1) is 0 Å². The van der Waals surface area contributed by atoms with E-state index in [0.717, 1.165) is 40.9 Å². The lowest BCUT2D eigenvalue weighted by molar-refractivity contribution is 0.591. The fraction of sp³-hybridized carbons (Fsp3) is 0.455. The van der Waals surface area contributed by atoms with Crippen molar-refractivity contribution in [3.8, 4) is 0 Å². The van der Waals surface area contributed by atoms with E-state index in [1.165, 1.54) is 0 Å². The van der Waals surface area contributed by atoms with E-state index in [-0.39, 0.29) is 6.04 Å². The fourth-order valence-corrected chi connectivity index (χ4v) is 2.10. The molecule has 0 amide bonds. The molecule has 1 atom stereocenters. The van der Waals surface area contributed by atoms with Crippen LogP contribution in [-0.4, -0.2) is 6.54 Å². The van der Waals surface area contributed by atoms with Gasteiger partial charge in [-0.2, -0.15) is 0 Å². The second-order valence-corrected chi connectivity index (χ2v) is 4.88. The van der Waals surface area contributed by atoms with Crippen LogP contribution in [0.1, 0.15) is 30.9 Å². The lowest BCUT2D eigenvalue weighted by Gasteiger charge is -2.13. The lowest BCUT2D eigenvalue weighted by Crippen LogP contribution is -2.11. The monoisotopic (exact) mass is 290 g/mol. The highest BCUT2D eigenvalue weighted by Gasteiger charge is 2.10. The first kappa shape index (κ1) is 13.0. The second kappa shape index (κ2) is 6.48. The first-order valence-corrected chi connectivity index (χ1v) is 6.23. The zero-order valence-corrected chi connectivity index (χ0v) is 10.9. The maximum Gasteiger partial charge on any atom is 0.0454 e. The largest absolute Gasteiger partial charge is 0.330 e. The quantitative estimate of drug-likeness (QED) is 0.818. The first-order valence-electron chi connectivity index (χ1n) is 5.05. The molecule has 0 radical (unpaired) electrons. The molecule has 4 heteroatoms. The van der Waals surface area contributed by atoms with Gasteiger partial charge in [0, 0.05) is 15.5 Å². The Bertz CT molecular complexity index is 317. The molecule has 1 aromatic carbocycles. The van der Waals surface area contributed by atoms with Gasteiger partial charge in [0.05, 0.1) is 0 Å². The molecule has 84 valence electrons. The van der Waals surface area contributed by atoms with E-state index >= 15 is 0 Å². The smallest absolute Gasteiger partial charge is 0.0454 e. The average Bonchev–Trinajstić information content (AvgIpc) is 2.22. The lowest BCUT2D eigenvalue weighted by atomic mass is 10.0. The van der Waals surface area contributed by atoms with E-state index in [2.05, 4.69) is 15.9 Å². The summed E-state index contributed by atoms with van der Waals surface area (Å²) in [5, 5.41) is 0.735. The van der Waals surface area contributed by atoms with E-state index in [0.29, 0.717) is 0 Å². The minimum Gasteiger partial charge on any atom is -0.330 e. The van der Waals surface area contributed by atoms with Crippen LogP contribution in [-0.2, 0) is 0 Å². The SMILES string of the molecule is NCCCC[C@@H](N)c1cc(Br)ccc1Cl. The number of rotatable bonds is 5. The van der Waals surface area contributed by atoms with Gasteiger partial charge in [-0.05, 0) is 43.1 Å². The fourth-order valence-electron chi connectivity index (χ4n) is 1.46. The molecule has 0 fully saturated rings. The molecular weight excluding hydrogens is 275 g/mol. The van der Waals surface area contributed by atoms with Crippen LogP contribution in [0.5, 0.6) is 0 Å². The molecule has 0 aliphatic heterocycles. The summed E-state index contributed by atoms with van der Waals surface area (Å²) in [6.07, 6.45) is 2.98. The minimum atomic E-state index is 0.00144. The Kier molecular flexibility index (Phi) is 5.61. The number of unbranched alkanes of at least 4 members (excludes halogenated alkanes) is 1. The maximum absolute atomic E-state index is 6.08. The highest BCUT2D eigenvalue weighted by molar-refractivity contribution is 9.10. The minimum absolute atomic E-state index is 0.00144. The standard InChI is InChI=1S/C11H16BrClN2/c12-8-4-5-10(13)9(7-8)11(15)3-1-2-6-14/h4-5,7,11H,1-3,6,14-15H2/t11-/m1/s1. The Morgan fingerprint density at radius 3 is 2.73 bits per heavy atom. The van der Waals surface area contributed by atoms with E-state index in [1.54, 1.807) is 0 Å². The van der Waals surface area contributed by atoms with Crippen molar-refractivity contribution in [1.29, 1.82) is 0 Å². The van der Waals surface area contributed by atoms with Crippen molar-refractivity contribution in [1.82, 2.24) is 0 Å². The highest BCUT2D eigenvalue weighted by Crippen LogP contribution is 2.27. The van der Waals surface area contributed by atoms with Crippen molar-refractivity contribution in [3.63, 3.8) is 0 Å². The van der Waals surface area contributed by atoms with Crippen molar-refractivity contribution in [2.75, 3.05) is 6.54 Å². The third-order valence-electron chi connectivity index (χ3n) is 2.33. The average molecular weight is 292 g/mol. The molecule has 0 unspecified atom stereocenters. The summed E-state index contributed by atoms with van der Waals surface area (Å²) in [5.41, 5.74) is 12.5. The first-order chi connectivity index (χ1) is 7.15. The molecule has 0 saturated heterocycles. The van der Waals surface area contributed by atoms with Crippen molar-refractivity contribution in [2.24, 2.45) is 11.5 Å². The normalized spacial score (nSPS) is 12.8. The van der Waals surface area contributed by atoms with Gasteiger partial charge in [-0.25, -0.2) is 0 Å². The molecule has 0 aliphatic rings. The summed E-state index contributed by atoms with van der Waals surface area (Å²) in [6, 6.07) is 5.76. The van der Waals surface area contributed by atoms with Gasteiger partial charge in [0.2, 0.25) is 0 Å². The summed E-state index contributed by atoms with van der Waals surface area (Å²) < 4.78 is 1.01. The summed E-state index contributed by atoms with van der Waals surface area (Å²) in [5.74, 6) is 0. The second-order valence-electron chi connectivity index (χ2n) is 3.56. The van der Waals surface area contributed by atoms with Gasteiger partial charge in [0.1, 0.15) is 0 Å². The summed E-state index contributed by atoms with van der Waals surface area (Å²) in [7, 11) is 0. The van der Waals surface area contributed by atoms with E-state index in [1.807, 2.05) is 18.2 Å². The Morgan fingerprint density at radius 1 is 1.33 bits per heavy atom. The summed E-state index contributed by atoms with van der Waals surface area (Å²) >= 11 is 9.49. The third-order valence-corrected chi connectivity index (χ3v) is 3.16. The zero-order valence-electron chi connectivity index (χ0n) is 8.55. The van der Waals surface area contributed by atoms with Crippen LogP contribution in [0.2, 0.25) is 5.02 Å². The number of nitrogens with two attached hydrogens (primary N) is 2. The number of hydrogen-bond donors (Lipinski definition) is 2. The van der Waals surface area contributed by atoms with Crippen molar-refractivity contribution in [2.45, 2.75) is 25.3 Å². The molecule has 4 N–H and O–H groups in total. The molecule has 15 heavy (non-hydrogen) atoms. The van der Waals surface area contributed by atoms with Crippen molar-refractivity contribution in [3.05, 3.63) is 33.3 Å². The molecule has 0 spiro atoms. The van der Waals surface area contributed by atoms with Crippen LogP contribution >= 0.6 is 27.5 Å².